The van der Waals surface area contributed by atoms with Gasteiger partial charge >= 0.3 is 0 Å². The molecule has 1 rings (SSSR count). The van der Waals surface area contributed by atoms with Gasteiger partial charge in [0.05, 0.1) is 0 Å². The number of rotatable bonds is 56. The monoisotopic (exact) mass is 891 g/mol. The summed E-state index contributed by atoms with van der Waals surface area (Å²) in [4.78, 5) is 0. The van der Waals surface area contributed by atoms with E-state index in [0.29, 0.717) is 0 Å². The summed E-state index contributed by atoms with van der Waals surface area (Å²) in [6, 6.07) is 9.71. The summed E-state index contributed by atoms with van der Waals surface area (Å²) in [5, 5.41) is 0. The molecular weight excluding hydrogens is 769 g/mol. The largest absolute Gasteiger partial charge is 0.0654 e. The lowest BCUT2D eigenvalue weighted by atomic mass is 10.0. The minimum Gasteiger partial charge on any atom is -0.0654 e. The minimum absolute atomic E-state index is 1.28. The van der Waals surface area contributed by atoms with Crippen LogP contribution in [0.1, 0.15) is 372 Å². The van der Waals surface area contributed by atoms with Crippen molar-refractivity contribution in [3.8, 4) is 0 Å². The zero-order chi connectivity index (χ0) is 45.6. The fourth-order valence-corrected chi connectivity index (χ4v) is 10.5. The van der Waals surface area contributed by atoms with E-state index in [1.807, 2.05) is 0 Å². The molecule has 0 N–H and O–H groups in total. The van der Waals surface area contributed by atoms with Crippen LogP contribution in [0.15, 0.2) is 24.3 Å². The van der Waals surface area contributed by atoms with Crippen LogP contribution in [0.5, 0.6) is 0 Å². The van der Waals surface area contributed by atoms with Gasteiger partial charge in [-0.3, -0.25) is 0 Å². The summed E-state index contributed by atoms with van der Waals surface area (Å²) in [6.45, 7) is 4.63. The molecule has 1 aromatic carbocycles. The van der Waals surface area contributed by atoms with Crippen molar-refractivity contribution in [1.29, 1.82) is 0 Å². The minimum atomic E-state index is 1.28. The molecule has 0 heteroatoms. The molecule has 0 aliphatic carbocycles. The lowest BCUT2D eigenvalue weighted by Gasteiger charge is -2.06. The Morgan fingerprint density at radius 1 is 0.156 bits per heavy atom. The summed E-state index contributed by atoms with van der Waals surface area (Å²) in [5.41, 5.74) is 3.12. The number of hydrogen-bond donors (Lipinski definition) is 0. The highest BCUT2D eigenvalue weighted by atomic mass is 14.1. The summed E-state index contributed by atoms with van der Waals surface area (Å²) in [6.07, 6.45) is 81.9. The lowest BCUT2D eigenvalue weighted by Crippen LogP contribution is -1.90. The Labute approximate surface area is 407 Å². The van der Waals surface area contributed by atoms with Gasteiger partial charge in [-0.2, -0.15) is 0 Å². The normalized spacial score (nSPS) is 11.7. The third kappa shape index (κ3) is 49.1. The zero-order valence-corrected chi connectivity index (χ0v) is 44.9. The van der Waals surface area contributed by atoms with Gasteiger partial charge in [0.1, 0.15) is 0 Å². The Bertz CT molecular complexity index is 866. The molecule has 0 aliphatic rings. The Morgan fingerprint density at radius 3 is 0.391 bits per heavy atom. The topological polar surface area (TPSA) is 0 Å². The molecule has 1 aromatic rings. The van der Waals surface area contributed by atoms with Gasteiger partial charge in [-0.05, 0) is 36.8 Å². The molecule has 64 heavy (non-hydrogen) atoms. The van der Waals surface area contributed by atoms with Crippen LogP contribution in [0.3, 0.4) is 0 Å². The molecule has 0 aromatic heterocycles. The summed E-state index contributed by atoms with van der Waals surface area (Å²) < 4.78 is 0. The van der Waals surface area contributed by atoms with Crippen LogP contribution in [0.4, 0.5) is 0 Å². The number of hydrogen-bond acceptors (Lipinski definition) is 0. The fraction of sp³-hybridized carbons (Fsp3) is 0.906. The van der Waals surface area contributed by atoms with Gasteiger partial charge in [-0.15, -0.1) is 0 Å². The molecule has 0 unspecified atom stereocenters. The Hall–Kier alpha value is -0.780. The number of unbranched alkanes of at least 4 members (excludes halogenated alkanes) is 52. The van der Waals surface area contributed by atoms with Gasteiger partial charge in [0.25, 0.3) is 0 Å². The summed E-state index contributed by atoms with van der Waals surface area (Å²) in [5.74, 6) is 0. The molecular formula is C64H122. The fourth-order valence-electron chi connectivity index (χ4n) is 10.5. The van der Waals surface area contributed by atoms with E-state index < -0.39 is 0 Å². The number of aryl methyl sites for hydroxylation is 2. The zero-order valence-electron chi connectivity index (χ0n) is 44.9. The molecule has 0 bridgehead atoms. The van der Waals surface area contributed by atoms with Crippen LogP contribution in [0, 0.1) is 0 Å². The SMILES string of the molecule is CCCCCCCCCCCCCCCCCCCCCCCCCCCCCc1ccc(CCCCCCCCCCCCCCCCCCCCCCCCCCCCC)cc1. The first-order valence-electron chi connectivity index (χ1n) is 30.9. The third-order valence-electron chi connectivity index (χ3n) is 15.2. The second-order valence-corrected chi connectivity index (χ2v) is 21.7. The first-order chi connectivity index (χ1) is 31.9. The molecule has 0 radical (unpaired) electrons. The maximum atomic E-state index is 2.43. The smallest absolute Gasteiger partial charge is 0.0279 e. The van der Waals surface area contributed by atoms with E-state index in [2.05, 4.69) is 38.1 Å². The lowest BCUT2D eigenvalue weighted by molar-refractivity contribution is 0.514. The number of benzene rings is 1. The van der Waals surface area contributed by atoms with Crippen molar-refractivity contribution >= 4 is 0 Å². The van der Waals surface area contributed by atoms with Gasteiger partial charge in [-0.1, -0.05) is 372 Å². The van der Waals surface area contributed by atoms with Gasteiger partial charge in [-0.25, -0.2) is 0 Å². The van der Waals surface area contributed by atoms with E-state index in [9.17, 15) is 0 Å². The van der Waals surface area contributed by atoms with Crippen molar-refractivity contribution in [1.82, 2.24) is 0 Å². The molecule has 0 atom stereocenters. The van der Waals surface area contributed by atoms with Crippen molar-refractivity contribution < 1.29 is 0 Å². The summed E-state index contributed by atoms with van der Waals surface area (Å²) >= 11 is 0. The van der Waals surface area contributed by atoms with Crippen LogP contribution in [-0.2, 0) is 12.8 Å². The predicted octanol–water partition coefficient (Wildman–Crippen LogP) is 23.9. The molecule has 0 spiro atoms. The van der Waals surface area contributed by atoms with Crippen LogP contribution in [0.25, 0.3) is 0 Å². The average molecular weight is 892 g/mol. The Morgan fingerprint density at radius 2 is 0.266 bits per heavy atom. The molecule has 378 valence electrons. The van der Waals surface area contributed by atoms with Crippen LogP contribution >= 0.6 is 0 Å². The summed E-state index contributed by atoms with van der Waals surface area (Å²) in [7, 11) is 0. The Balaban J connectivity index is 1.72. The van der Waals surface area contributed by atoms with E-state index in [-0.39, 0.29) is 0 Å². The van der Waals surface area contributed by atoms with E-state index in [4.69, 9.17) is 0 Å². The Kier molecular flexibility index (Phi) is 52.5. The average Bonchev–Trinajstić information content (AvgIpc) is 3.31. The van der Waals surface area contributed by atoms with Gasteiger partial charge in [0.2, 0.25) is 0 Å². The molecule has 0 nitrogen and oxygen atoms in total. The predicted molar refractivity (Wildman–Crippen MR) is 295 cm³/mol. The quantitative estimate of drug-likeness (QED) is 0.0572. The molecule has 0 fully saturated rings. The van der Waals surface area contributed by atoms with Crippen molar-refractivity contribution in [2.24, 2.45) is 0 Å². The molecule has 0 heterocycles. The van der Waals surface area contributed by atoms with E-state index >= 15 is 0 Å². The van der Waals surface area contributed by atoms with Gasteiger partial charge in [0.15, 0.2) is 0 Å². The second kappa shape index (κ2) is 54.8. The standard InChI is InChI=1S/C64H122/c1-3-5-7-9-11-13-15-17-19-21-23-25-27-29-31-33-35-37-39-41-43-45-47-49-51-53-55-57-63-59-61-64(62-60-63)58-56-54-52-50-48-46-44-42-40-38-36-34-32-30-28-26-24-22-20-18-16-14-12-10-8-6-4-2/h59-62H,3-58H2,1-2H3. The van der Waals surface area contributed by atoms with Crippen LogP contribution < -0.4 is 0 Å². The van der Waals surface area contributed by atoms with Gasteiger partial charge in [0, 0.05) is 0 Å². The van der Waals surface area contributed by atoms with Crippen molar-refractivity contribution in [2.75, 3.05) is 0 Å². The van der Waals surface area contributed by atoms with Crippen LogP contribution in [-0.4, -0.2) is 0 Å². The van der Waals surface area contributed by atoms with Crippen molar-refractivity contribution in [3.63, 3.8) is 0 Å². The molecule has 0 saturated carbocycles. The van der Waals surface area contributed by atoms with Crippen molar-refractivity contribution in [2.45, 2.75) is 373 Å². The van der Waals surface area contributed by atoms with E-state index in [1.165, 1.54) is 360 Å². The highest BCUT2D eigenvalue weighted by molar-refractivity contribution is 5.22. The van der Waals surface area contributed by atoms with Crippen molar-refractivity contribution in [3.05, 3.63) is 35.4 Å². The van der Waals surface area contributed by atoms with Gasteiger partial charge < -0.3 is 0 Å². The maximum Gasteiger partial charge on any atom is -0.0279 e. The molecule has 0 amide bonds. The third-order valence-corrected chi connectivity index (χ3v) is 15.2. The van der Waals surface area contributed by atoms with E-state index in [1.54, 1.807) is 11.1 Å². The molecule has 0 saturated heterocycles. The first-order valence-corrected chi connectivity index (χ1v) is 30.9. The molecule has 0 aliphatic heterocycles. The van der Waals surface area contributed by atoms with E-state index in [0.717, 1.165) is 0 Å². The second-order valence-electron chi connectivity index (χ2n) is 21.7. The highest BCUT2D eigenvalue weighted by Crippen LogP contribution is 2.20. The highest BCUT2D eigenvalue weighted by Gasteiger charge is 2.01. The first kappa shape index (κ1) is 61.2. The maximum absolute atomic E-state index is 2.43. The van der Waals surface area contributed by atoms with Crippen LogP contribution in [0.2, 0.25) is 0 Å².